The average molecular weight is 565 g/mol. The van der Waals surface area contributed by atoms with Crippen molar-refractivity contribution < 1.29 is 23.1 Å². The third-order valence-electron chi connectivity index (χ3n) is 6.62. The second-order valence-electron chi connectivity index (χ2n) is 10.1. The van der Waals surface area contributed by atoms with Gasteiger partial charge in [0.2, 0.25) is 11.9 Å². The van der Waals surface area contributed by atoms with E-state index in [2.05, 4.69) is 30.3 Å². The molecule has 0 aliphatic carbocycles. The average Bonchev–Trinajstić information content (AvgIpc) is 3.28. The topological polar surface area (TPSA) is 111 Å². The molecule has 4 aromatic rings. The summed E-state index contributed by atoms with van der Waals surface area (Å²) in [6.07, 6.45) is 4.92. The van der Waals surface area contributed by atoms with Crippen LogP contribution in [0.3, 0.4) is 0 Å². The molecule has 0 radical (unpaired) electrons. The number of halogens is 2. The summed E-state index contributed by atoms with van der Waals surface area (Å²) in [5, 5.41) is 5.90. The van der Waals surface area contributed by atoms with Crippen LogP contribution >= 0.6 is 0 Å². The van der Waals surface area contributed by atoms with E-state index in [9.17, 15) is 18.4 Å². The number of ether oxygens (including phenoxy) is 1. The number of methoxy groups -OCH3 is 1. The first kappa shape index (κ1) is 29.6. The van der Waals surface area contributed by atoms with Gasteiger partial charge in [-0.2, -0.15) is 0 Å². The lowest BCUT2D eigenvalue weighted by atomic mass is 10.1. The van der Waals surface area contributed by atoms with Crippen molar-refractivity contribution >= 4 is 40.2 Å². The van der Waals surface area contributed by atoms with Crippen LogP contribution in [-0.2, 0) is 14.3 Å². The molecule has 2 aromatic carbocycles. The van der Waals surface area contributed by atoms with Crippen LogP contribution < -0.4 is 10.6 Å². The van der Waals surface area contributed by atoms with Gasteiger partial charge in [-0.05, 0) is 63.9 Å². The molecule has 0 saturated heterocycles. The quantitative estimate of drug-likeness (QED) is 0.143. The number of aromatic nitrogens is 4. The molecule has 2 N–H and O–H groups in total. The van der Waals surface area contributed by atoms with Crippen LogP contribution in [0.2, 0.25) is 0 Å². The Morgan fingerprint density at radius 3 is 2.44 bits per heavy atom. The number of unbranched alkanes of at least 4 members (excludes halogenated alkanes) is 3. The zero-order chi connectivity index (χ0) is 29.5. The number of hydrogen-bond acceptors (Lipinski definition) is 7. The highest BCUT2D eigenvalue weighted by Crippen LogP contribution is 2.30. The molecule has 4 rings (SSSR count). The molecule has 9 nitrogen and oxygen atoms in total. The van der Waals surface area contributed by atoms with Gasteiger partial charge in [0.05, 0.1) is 18.8 Å². The first-order valence-electron chi connectivity index (χ1n) is 13.6. The minimum Gasteiger partial charge on any atom is -0.469 e. The SMILES string of the molecule is COC(=O)CCCCCCC(=O)Nc1cccc(Nc2ncc(F)c(-c3cc(F)c4nc(C)n(C(C)C)c4c3)n2)c1. The molecular formula is C30H34F2N6O3. The molecule has 0 unspecified atom stereocenters. The number of rotatable bonds is 12. The van der Waals surface area contributed by atoms with Crippen molar-refractivity contribution in [1.82, 2.24) is 19.5 Å². The molecule has 1 amide bonds. The van der Waals surface area contributed by atoms with E-state index >= 15 is 0 Å². The normalized spacial score (nSPS) is 11.2. The van der Waals surface area contributed by atoms with Gasteiger partial charge in [-0.3, -0.25) is 9.59 Å². The second kappa shape index (κ2) is 13.3. The second-order valence-corrected chi connectivity index (χ2v) is 10.1. The van der Waals surface area contributed by atoms with Crippen molar-refractivity contribution in [2.75, 3.05) is 17.7 Å². The van der Waals surface area contributed by atoms with Crippen LogP contribution in [-0.4, -0.2) is 38.5 Å². The van der Waals surface area contributed by atoms with Crippen molar-refractivity contribution in [3.63, 3.8) is 0 Å². The Morgan fingerprint density at radius 1 is 0.976 bits per heavy atom. The van der Waals surface area contributed by atoms with Crippen LogP contribution in [0, 0.1) is 18.6 Å². The Kier molecular flexibility index (Phi) is 9.59. The number of carbonyl (C=O) groups is 2. The van der Waals surface area contributed by atoms with Crippen LogP contribution in [0.25, 0.3) is 22.3 Å². The van der Waals surface area contributed by atoms with Crippen LogP contribution in [0.4, 0.5) is 26.1 Å². The summed E-state index contributed by atoms with van der Waals surface area (Å²) in [5.74, 6) is -0.808. The summed E-state index contributed by atoms with van der Waals surface area (Å²) >= 11 is 0. The molecule has 2 aromatic heterocycles. The Morgan fingerprint density at radius 2 is 1.71 bits per heavy atom. The van der Waals surface area contributed by atoms with Crippen molar-refractivity contribution in [2.45, 2.75) is 65.3 Å². The fourth-order valence-corrected chi connectivity index (χ4v) is 4.73. The van der Waals surface area contributed by atoms with Gasteiger partial charge in [0.25, 0.3) is 0 Å². The number of aryl methyl sites for hydroxylation is 1. The van der Waals surface area contributed by atoms with Gasteiger partial charge >= 0.3 is 5.97 Å². The molecule has 2 heterocycles. The van der Waals surface area contributed by atoms with Gasteiger partial charge in [0.1, 0.15) is 17.0 Å². The third-order valence-corrected chi connectivity index (χ3v) is 6.62. The fourth-order valence-electron chi connectivity index (χ4n) is 4.73. The van der Waals surface area contributed by atoms with E-state index < -0.39 is 11.6 Å². The predicted molar refractivity (Wildman–Crippen MR) is 154 cm³/mol. The molecule has 0 aliphatic rings. The Labute approximate surface area is 237 Å². The summed E-state index contributed by atoms with van der Waals surface area (Å²) in [6.45, 7) is 5.75. The molecule has 0 bridgehead atoms. The van der Waals surface area contributed by atoms with Crippen LogP contribution in [0.1, 0.15) is 64.2 Å². The van der Waals surface area contributed by atoms with E-state index in [0.29, 0.717) is 42.0 Å². The predicted octanol–water partition coefficient (Wildman–Crippen LogP) is 6.86. The minimum absolute atomic E-state index is 0.0351. The lowest BCUT2D eigenvalue weighted by molar-refractivity contribution is -0.140. The highest BCUT2D eigenvalue weighted by atomic mass is 19.1. The summed E-state index contributed by atoms with van der Waals surface area (Å²) in [4.78, 5) is 36.2. The van der Waals surface area contributed by atoms with E-state index in [-0.39, 0.29) is 40.6 Å². The van der Waals surface area contributed by atoms with Gasteiger partial charge in [-0.25, -0.2) is 23.7 Å². The van der Waals surface area contributed by atoms with E-state index in [0.717, 1.165) is 25.5 Å². The van der Waals surface area contributed by atoms with Gasteiger partial charge in [-0.15, -0.1) is 0 Å². The third kappa shape index (κ3) is 7.41. The van der Waals surface area contributed by atoms with Gasteiger partial charge in [0, 0.05) is 35.8 Å². The summed E-state index contributed by atoms with van der Waals surface area (Å²) < 4.78 is 36.4. The zero-order valence-electron chi connectivity index (χ0n) is 23.6. The van der Waals surface area contributed by atoms with Crippen molar-refractivity contribution in [3.8, 4) is 11.3 Å². The highest BCUT2D eigenvalue weighted by Gasteiger charge is 2.18. The van der Waals surface area contributed by atoms with Gasteiger partial charge < -0.3 is 19.9 Å². The number of carbonyl (C=O) groups excluding carboxylic acids is 2. The number of fused-ring (bicyclic) bond motifs is 1. The van der Waals surface area contributed by atoms with Crippen LogP contribution in [0.5, 0.6) is 0 Å². The van der Waals surface area contributed by atoms with Gasteiger partial charge in [-0.1, -0.05) is 18.9 Å². The van der Waals surface area contributed by atoms with E-state index in [1.807, 2.05) is 18.4 Å². The Hall–Kier alpha value is -4.41. The molecule has 0 atom stereocenters. The van der Waals surface area contributed by atoms with Crippen molar-refractivity contribution in [2.24, 2.45) is 0 Å². The molecule has 0 saturated carbocycles. The number of anilines is 3. The molecule has 216 valence electrons. The summed E-state index contributed by atoms with van der Waals surface area (Å²) in [6, 6.07) is 9.94. The number of imidazole rings is 1. The molecule has 0 spiro atoms. The maximum Gasteiger partial charge on any atom is 0.305 e. The van der Waals surface area contributed by atoms with E-state index in [4.69, 9.17) is 0 Å². The summed E-state index contributed by atoms with van der Waals surface area (Å²) in [7, 11) is 1.37. The lowest BCUT2D eigenvalue weighted by Crippen LogP contribution is -2.11. The summed E-state index contributed by atoms with van der Waals surface area (Å²) in [5.41, 5.74) is 2.17. The molecule has 0 fully saturated rings. The highest BCUT2D eigenvalue weighted by molar-refractivity contribution is 5.91. The number of nitrogens with one attached hydrogen (secondary N) is 2. The number of hydrogen-bond donors (Lipinski definition) is 2. The van der Waals surface area contributed by atoms with Crippen LogP contribution in [0.15, 0.2) is 42.6 Å². The minimum atomic E-state index is -0.687. The molecule has 41 heavy (non-hydrogen) atoms. The maximum absolute atomic E-state index is 15.0. The largest absolute Gasteiger partial charge is 0.469 e. The number of benzene rings is 2. The van der Waals surface area contributed by atoms with E-state index in [1.165, 1.54) is 13.2 Å². The lowest BCUT2D eigenvalue weighted by Gasteiger charge is -2.12. The fraction of sp³-hybridized carbons (Fsp3) is 0.367. The van der Waals surface area contributed by atoms with Gasteiger partial charge in [0.15, 0.2) is 11.6 Å². The van der Waals surface area contributed by atoms with E-state index in [1.54, 1.807) is 37.3 Å². The molecule has 0 aliphatic heterocycles. The monoisotopic (exact) mass is 564 g/mol. The Balaban J connectivity index is 1.43. The number of esters is 1. The standard InChI is InChI=1S/C30H34F2N6O3/c1-18(2)38-19(3)34-29-23(31)14-20(15-25(29)38)28-24(32)17-33-30(37-28)36-22-11-9-10-21(16-22)35-26(39)12-7-5-6-8-13-27(40)41-4/h9-11,14-18H,5-8,12-13H2,1-4H3,(H,35,39)(H,33,36,37). The zero-order valence-corrected chi connectivity index (χ0v) is 23.6. The maximum atomic E-state index is 15.0. The molecular weight excluding hydrogens is 530 g/mol. The van der Waals surface area contributed by atoms with Crippen molar-refractivity contribution in [1.29, 1.82) is 0 Å². The van der Waals surface area contributed by atoms with Crippen molar-refractivity contribution in [3.05, 3.63) is 60.1 Å². The number of amides is 1. The smallest absolute Gasteiger partial charge is 0.305 e. The first-order valence-corrected chi connectivity index (χ1v) is 13.6. The Bertz CT molecular complexity index is 1550. The first-order chi connectivity index (χ1) is 19.7. The molecule has 11 heteroatoms. The number of nitrogens with zero attached hydrogens (tertiary/aromatic N) is 4.